The molecule has 0 radical (unpaired) electrons. The molecular weight excluding hydrogens is 309 g/mol. The molecule has 0 atom stereocenters. The molecule has 2 rings (SSSR count). The molecule has 0 aromatic heterocycles. The molecule has 0 amide bonds. The molecule has 0 aliphatic heterocycles. The molecule has 0 unspecified atom stereocenters. The van der Waals surface area contributed by atoms with Crippen LogP contribution in [0.15, 0.2) is 60.7 Å². The minimum absolute atomic E-state index is 0. The van der Waals surface area contributed by atoms with Crippen molar-refractivity contribution in [2.45, 2.75) is 38.3 Å². The molecule has 22 heavy (non-hydrogen) atoms. The van der Waals surface area contributed by atoms with Gasteiger partial charge in [0.2, 0.25) is 0 Å². The average molecular weight is 336 g/mol. The Balaban J connectivity index is 0.00000242. The summed E-state index contributed by atoms with van der Waals surface area (Å²) in [6, 6.07) is 23.9. The van der Waals surface area contributed by atoms with Crippen LogP contribution >= 0.6 is 0 Å². The second kappa shape index (κ2) is 8.62. The zero-order chi connectivity index (χ0) is 15.3. The molecule has 0 fully saturated rings. The Hall–Kier alpha value is -0.166. The molecule has 0 aliphatic carbocycles. The van der Waals surface area contributed by atoms with Gasteiger partial charge in [0.05, 0.1) is 0 Å². The van der Waals surface area contributed by atoms with Crippen molar-refractivity contribution < 1.29 is 29.6 Å². The molecule has 0 heterocycles. The maximum atomic E-state index is 5.41. The van der Waals surface area contributed by atoms with Crippen LogP contribution in [0.25, 0.3) is 4.65 Å². The summed E-state index contributed by atoms with van der Waals surface area (Å²) in [5.41, 5.74) is 2.87. The summed E-state index contributed by atoms with van der Waals surface area (Å²) < 4.78 is 5.41. The van der Waals surface area contributed by atoms with E-state index in [-0.39, 0.29) is 29.6 Å². The maximum absolute atomic E-state index is 5.41. The standard InChI is InChI=1S/C18H26NSi2.Na/c1-20(2,15-17-11-7-5-8-12-17)19-21(3,4)16-18-13-9-6-10-14-18;/h5-14H,15-16H2,1-4H3;/q-1;+1. The summed E-state index contributed by atoms with van der Waals surface area (Å²) in [6.07, 6.45) is 0. The predicted octanol–water partition coefficient (Wildman–Crippen LogP) is 2.34. The Morgan fingerprint density at radius 3 is 1.27 bits per heavy atom. The summed E-state index contributed by atoms with van der Waals surface area (Å²) >= 11 is 0. The van der Waals surface area contributed by atoms with Gasteiger partial charge in [0.1, 0.15) is 0 Å². The van der Waals surface area contributed by atoms with Crippen LogP contribution < -0.4 is 29.6 Å². The van der Waals surface area contributed by atoms with Crippen LogP contribution in [-0.2, 0) is 12.1 Å². The van der Waals surface area contributed by atoms with Crippen molar-refractivity contribution in [1.82, 2.24) is 0 Å². The zero-order valence-corrected chi connectivity index (χ0v) is 18.6. The number of nitrogens with zero attached hydrogens (tertiary/aromatic N) is 1. The second-order valence-electron chi connectivity index (χ2n) is 7.06. The molecule has 2 aromatic rings. The Kier molecular flexibility index (Phi) is 7.79. The fourth-order valence-electron chi connectivity index (χ4n) is 3.09. The van der Waals surface area contributed by atoms with Crippen LogP contribution in [0.5, 0.6) is 0 Å². The van der Waals surface area contributed by atoms with Crippen LogP contribution in [0.4, 0.5) is 0 Å². The summed E-state index contributed by atoms with van der Waals surface area (Å²) in [6.45, 7) is 9.61. The largest absolute Gasteiger partial charge is 1.00 e. The quantitative estimate of drug-likeness (QED) is 0.720. The fraction of sp³-hybridized carbons (Fsp3) is 0.333. The molecule has 0 bridgehead atoms. The van der Waals surface area contributed by atoms with Gasteiger partial charge in [-0.1, -0.05) is 127 Å². The first-order chi connectivity index (χ1) is 9.86. The molecule has 0 saturated heterocycles. The Labute approximate surface area is 160 Å². The van der Waals surface area contributed by atoms with Gasteiger partial charge in [0.15, 0.2) is 0 Å². The third-order valence-corrected chi connectivity index (χ3v) is 11.0. The molecule has 2 aromatic carbocycles. The molecule has 4 heteroatoms. The van der Waals surface area contributed by atoms with Crippen LogP contribution in [0, 0.1) is 0 Å². The SMILES string of the molecule is C[Si](C)(Cc1ccccc1)[N-][Si](C)(C)Cc1ccccc1.[Na+]. The van der Waals surface area contributed by atoms with Gasteiger partial charge in [-0.05, 0) is 0 Å². The summed E-state index contributed by atoms with van der Waals surface area (Å²) in [4.78, 5) is 0. The van der Waals surface area contributed by atoms with Gasteiger partial charge in [-0.2, -0.15) is 0 Å². The molecule has 0 aliphatic rings. The van der Waals surface area contributed by atoms with Crippen molar-refractivity contribution in [3.05, 3.63) is 76.4 Å². The van der Waals surface area contributed by atoms with Gasteiger partial charge >= 0.3 is 29.6 Å². The van der Waals surface area contributed by atoms with Gasteiger partial charge in [-0.25, -0.2) is 0 Å². The number of hydrogen-bond acceptors (Lipinski definition) is 0. The van der Waals surface area contributed by atoms with Gasteiger partial charge < -0.3 is 4.65 Å². The Morgan fingerprint density at radius 1 is 0.636 bits per heavy atom. The topological polar surface area (TPSA) is 14.1 Å². The van der Waals surface area contributed by atoms with E-state index in [4.69, 9.17) is 4.65 Å². The van der Waals surface area contributed by atoms with Crippen molar-refractivity contribution in [3.63, 3.8) is 0 Å². The minimum atomic E-state index is -1.55. The molecule has 0 N–H and O–H groups in total. The van der Waals surface area contributed by atoms with Crippen molar-refractivity contribution in [3.8, 4) is 0 Å². The number of rotatable bonds is 6. The van der Waals surface area contributed by atoms with Crippen LogP contribution in [0.2, 0.25) is 26.2 Å². The minimum Gasteiger partial charge on any atom is -0.667 e. The second-order valence-corrected chi connectivity index (χ2v) is 15.9. The van der Waals surface area contributed by atoms with Crippen molar-refractivity contribution in [2.24, 2.45) is 0 Å². The molecule has 0 spiro atoms. The molecule has 0 saturated carbocycles. The molecule has 1 nitrogen and oxygen atoms in total. The van der Waals surface area contributed by atoms with Crippen LogP contribution in [-0.4, -0.2) is 16.5 Å². The van der Waals surface area contributed by atoms with Crippen LogP contribution in [0.3, 0.4) is 0 Å². The van der Waals surface area contributed by atoms with Gasteiger partial charge in [0.25, 0.3) is 0 Å². The average Bonchev–Trinajstić information content (AvgIpc) is 2.38. The van der Waals surface area contributed by atoms with E-state index in [2.05, 4.69) is 86.9 Å². The maximum Gasteiger partial charge on any atom is 1.00 e. The van der Waals surface area contributed by atoms with Crippen molar-refractivity contribution in [1.29, 1.82) is 0 Å². The fourth-order valence-corrected chi connectivity index (χ4v) is 12.7. The molecule has 112 valence electrons. The van der Waals surface area contributed by atoms with Crippen LogP contribution in [0.1, 0.15) is 11.1 Å². The first-order valence-electron chi connectivity index (χ1n) is 7.68. The number of benzene rings is 2. The van der Waals surface area contributed by atoms with Crippen molar-refractivity contribution in [2.75, 3.05) is 0 Å². The van der Waals surface area contributed by atoms with E-state index < -0.39 is 16.5 Å². The molecular formula is C18H26NNaSi2. The van der Waals surface area contributed by atoms with Crippen molar-refractivity contribution >= 4 is 16.5 Å². The first kappa shape index (κ1) is 19.9. The summed E-state index contributed by atoms with van der Waals surface area (Å²) in [5.74, 6) is 0. The van der Waals surface area contributed by atoms with E-state index in [0.717, 1.165) is 12.1 Å². The Morgan fingerprint density at radius 2 is 0.955 bits per heavy atom. The zero-order valence-electron chi connectivity index (χ0n) is 14.6. The third kappa shape index (κ3) is 6.94. The monoisotopic (exact) mass is 335 g/mol. The summed E-state index contributed by atoms with van der Waals surface area (Å²) in [7, 11) is -3.09. The predicted molar refractivity (Wildman–Crippen MR) is 98.6 cm³/mol. The smallest absolute Gasteiger partial charge is 0.667 e. The first-order valence-corrected chi connectivity index (χ1v) is 14.0. The number of hydrogen-bond donors (Lipinski definition) is 0. The van der Waals surface area contributed by atoms with E-state index in [9.17, 15) is 0 Å². The van der Waals surface area contributed by atoms with Gasteiger partial charge in [-0.15, -0.1) is 0 Å². The van der Waals surface area contributed by atoms with E-state index in [1.54, 1.807) is 0 Å². The van der Waals surface area contributed by atoms with E-state index in [1.807, 2.05) is 0 Å². The van der Waals surface area contributed by atoms with Gasteiger partial charge in [0, 0.05) is 0 Å². The Bertz CT molecular complexity index is 504. The van der Waals surface area contributed by atoms with E-state index in [0.29, 0.717) is 0 Å². The summed E-state index contributed by atoms with van der Waals surface area (Å²) in [5, 5.41) is 0. The van der Waals surface area contributed by atoms with E-state index >= 15 is 0 Å². The third-order valence-electron chi connectivity index (χ3n) is 3.56. The van der Waals surface area contributed by atoms with E-state index in [1.165, 1.54) is 11.1 Å². The van der Waals surface area contributed by atoms with Gasteiger partial charge in [-0.3, -0.25) is 0 Å². The normalized spacial score (nSPS) is 11.8.